The topological polar surface area (TPSA) is 84.9 Å². The highest BCUT2D eigenvalue weighted by Crippen LogP contribution is 2.29. The van der Waals surface area contributed by atoms with Crippen LogP contribution in [-0.4, -0.2) is 52.0 Å². The summed E-state index contributed by atoms with van der Waals surface area (Å²) in [4.78, 5) is 12.5. The summed E-state index contributed by atoms with van der Waals surface area (Å²) in [6.45, 7) is 1.31. The summed E-state index contributed by atoms with van der Waals surface area (Å²) in [5.41, 5.74) is 1.13. The van der Waals surface area contributed by atoms with Crippen LogP contribution in [0.4, 0.5) is 5.69 Å². The zero-order valence-corrected chi connectivity index (χ0v) is 18.2. The molecule has 0 saturated carbocycles. The second-order valence-corrected chi connectivity index (χ2v) is 9.01. The zero-order valence-electron chi connectivity index (χ0n) is 15.8. The number of benzene rings is 2. The molecule has 0 spiro atoms. The van der Waals surface area contributed by atoms with Gasteiger partial charge in [0.05, 0.1) is 30.9 Å². The molecule has 0 aromatic heterocycles. The van der Waals surface area contributed by atoms with Gasteiger partial charge in [0.2, 0.25) is 15.9 Å². The fourth-order valence-corrected chi connectivity index (χ4v) is 4.68. The molecule has 0 atom stereocenters. The predicted molar refractivity (Wildman–Crippen MR) is 114 cm³/mol. The third-order valence-corrected chi connectivity index (χ3v) is 6.97. The van der Waals surface area contributed by atoms with Crippen molar-refractivity contribution in [2.24, 2.45) is 0 Å². The number of nitrogens with one attached hydrogen (secondary N) is 1. The van der Waals surface area contributed by atoms with Gasteiger partial charge in [0.25, 0.3) is 0 Å². The Hall–Kier alpha value is -2.20. The first-order chi connectivity index (χ1) is 13.9. The number of morpholine rings is 1. The second-order valence-electron chi connectivity index (χ2n) is 6.22. The summed E-state index contributed by atoms with van der Waals surface area (Å²) in [5.74, 6) is -0.0338. The van der Waals surface area contributed by atoms with E-state index in [2.05, 4.69) is 21.2 Å². The summed E-state index contributed by atoms with van der Waals surface area (Å²) in [6, 6.07) is 11.9. The van der Waals surface area contributed by atoms with Crippen LogP contribution in [0.15, 0.2) is 57.9 Å². The van der Waals surface area contributed by atoms with Crippen LogP contribution in [0.25, 0.3) is 6.08 Å². The number of rotatable bonds is 6. The molecule has 0 aliphatic carbocycles. The fourth-order valence-electron chi connectivity index (χ4n) is 2.83. The maximum absolute atomic E-state index is 12.9. The van der Waals surface area contributed by atoms with E-state index in [0.717, 1.165) is 10.0 Å². The minimum absolute atomic E-state index is 0.0882. The summed E-state index contributed by atoms with van der Waals surface area (Å²) < 4.78 is 38.5. The normalized spacial score (nSPS) is 15.4. The number of halogens is 1. The van der Waals surface area contributed by atoms with E-state index in [4.69, 9.17) is 9.47 Å². The zero-order chi connectivity index (χ0) is 20.9. The molecule has 1 aliphatic rings. The first-order valence-corrected chi connectivity index (χ1v) is 11.1. The van der Waals surface area contributed by atoms with Crippen molar-refractivity contribution in [2.45, 2.75) is 4.90 Å². The lowest BCUT2D eigenvalue weighted by Gasteiger charge is -2.26. The second kappa shape index (κ2) is 9.53. The Bertz CT molecular complexity index is 1020. The van der Waals surface area contributed by atoms with Crippen LogP contribution in [0.2, 0.25) is 0 Å². The van der Waals surface area contributed by atoms with E-state index in [-0.39, 0.29) is 10.6 Å². The van der Waals surface area contributed by atoms with Crippen LogP contribution >= 0.6 is 15.9 Å². The third kappa shape index (κ3) is 5.24. The molecular weight excluding hydrogens is 460 g/mol. The molecule has 2 aromatic rings. The Balaban J connectivity index is 1.82. The molecule has 1 N–H and O–H groups in total. The molecule has 1 saturated heterocycles. The van der Waals surface area contributed by atoms with E-state index in [9.17, 15) is 13.2 Å². The fraction of sp³-hybridized carbons (Fsp3) is 0.250. The van der Waals surface area contributed by atoms with E-state index < -0.39 is 15.9 Å². The highest BCUT2D eigenvalue weighted by molar-refractivity contribution is 9.10. The van der Waals surface area contributed by atoms with Gasteiger partial charge in [-0.2, -0.15) is 4.31 Å². The Morgan fingerprint density at radius 3 is 2.62 bits per heavy atom. The maximum atomic E-state index is 12.9. The van der Waals surface area contributed by atoms with Crippen molar-refractivity contribution >= 4 is 43.6 Å². The SMILES string of the molecule is COc1ccc(S(=O)(=O)N2CCOCC2)cc1NC(=O)/C=C/c1ccccc1Br. The predicted octanol–water partition coefficient (Wildman–Crippen LogP) is 3.13. The number of hydrogen-bond donors (Lipinski definition) is 1. The average Bonchev–Trinajstić information content (AvgIpc) is 2.73. The maximum Gasteiger partial charge on any atom is 0.248 e. The number of methoxy groups -OCH3 is 1. The van der Waals surface area contributed by atoms with E-state index in [0.29, 0.717) is 32.1 Å². The van der Waals surface area contributed by atoms with Gasteiger partial charge >= 0.3 is 0 Å². The lowest BCUT2D eigenvalue weighted by molar-refractivity contribution is -0.111. The highest BCUT2D eigenvalue weighted by atomic mass is 79.9. The van der Waals surface area contributed by atoms with Gasteiger partial charge in [0, 0.05) is 23.6 Å². The minimum Gasteiger partial charge on any atom is -0.495 e. The van der Waals surface area contributed by atoms with Crippen molar-refractivity contribution in [3.05, 3.63) is 58.6 Å². The number of anilines is 1. The number of hydrogen-bond acceptors (Lipinski definition) is 5. The van der Waals surface area contributed by atoms with Crippen LogP contribution in [-0.2, 0) is 19.6 Å². The molecule has 9 heteroatoms. The van der Waals surface area contributed by atoms with Gasteiger partial charge in [0.15, 0.2) is 0 Å². The Morgan fingerprint density at radius 2 is 1.93 bits per heavy atom. The van der Waals surface area contributed by atoms with Crippen LogP contribution in [0.3, 0.4) is 0 Å². The van der Waals surface area contributed by atoms with Crippen LogP contribution in [0, 0.1) is 0 Å². The van der Waals surface area contributed by atoms with E-state index in [1.54, 1.807) is 6.08 Å². The standard InChI is InChI=1S/C20H21BrN2O5S/c1-27-19-8-7-16(29(25,26)23-10-12-28-13-11-23)14-18(19)22-20(24)9-6-15-4-2-3-5-17(15)21/h2-9,14H,10-13H2,1H3,(H,22,24)/b9-6+. The summed E-state index contributed by atoms with van der Waals surface area (Å²) >= 11 is 3.42. The lowest BCUT2D eigenvalue weighted by atomic mass is 10.2. The lowest BCUT2D eigenvalue weighted by Crippen LogP contribution is -2.40. The van der Waals surface area contributed by atoms with Crippen molar-refractivity contribution in [1.82, 2.24) is 4.31 Å². The molecule has 0 unspecified atom stereocenters. The van der Waals surface area contributed by atoms with E-state index in [1.807, 2.05) is 24.3 Å². The molecule has 29 heavy (non-hydrogen) atoms. The molecule has 3 rings (SSSR count). The highest BCUT2D eigenvalue weighted by Gasteiger charge is 2.27. The molecule has 0 radical (unpaired) electrons. The number of ether oxygens (including phenoxy) is 2. The minimum atomic E-state index is -3.68. The quantitative estimate of drug-likeness (QED) is 0.641. The molecule has 1 aliphatic heterocycles. The first kappa shape index (κ1) is 21.5. The van der Waals surface area contributed by atoms with Gasteiger partial charge in [-0.05, 0) is 35.9 Å². The van der Waals surface area contributed by atoms with Gasteiger partial charge < -0.3 is 14.8 Å². The van der Waals surface area contributed by atoms with Crippen LogP contribution in [0.1, 0.15) is 5.56 Å². The summed E-state index contributed by atoms with van der Waals surface area (Å²) in [6.07, 6.45) is 3.04. The van der Waals surface area contributed by atoms with Crippen molar-refractivity contribution in [2.75, 3.05) is 38.7 Å². The molecule has 1 amide bonds. The third-order valence-electron chi connectivity index (χ3n) is 4.36. The van der Waals surface area contributed by atoms with Gasteiger partial charge in [-0.15, -0.1) is 0 Å². The average molecular weight is 481 g/mol. The van der Waals surface area contributed by atoms with Crippen molar-refractivity contribution in [3.63, 3.8) is 0 Å². The van der Waals surface area contributed by atoms with Crippen LogP contribution < -0.4 is 10.1 Å². The molecule has 1 heterocycles. The smallest absolute Gasteiger partial charge is 0.248 e. The molecule has 7 nitrogen and oxygen atoms in total. The number of sulfonamides is 1. The van der Waals surface area contributed by atoms with Gasteiger partial charge in [-0.25, -0.2) is 8.42 Å². The molecule has 1 fully saturated rings. The van der Waals surface area contributed by atoms with Gasteiger partial charge in [-0.1, -0.05) is 34.1 Å². The number of carbonyl (C=O) groups excluding carboxylic acids is 1. The molecule has 154 valence electrons. The number of nitrogens with zero attached hydrogens (tertiary/aromatic N) is 1. The van der Waals surface area contributed by atoms with Crippen molar-refractivity contribution < 1.29 is 22.7 Å². The monoisotopic (exact) mass is 480 g/mol. The Labute approximate surface area is 178 Å². The summed E-state index contributed by atoms with van der Waals surface area (Å²) in [5, 5.41) is 2.69. The Morgan fingerprint density at radius 1 is 1.21 bits per heavy atom. The van der Waals surface area contributed by atoms with Gasteiger partial charge in [-0.3, -0.25) is 4.79 Å². The largest absolute Gasteiger partial charge is 0.495 e. The Kier molecular flexibility index (Phi) is 7.07. The molecule has 0 bridgehead atoms. The van der Waals surface area contributed by atoms with Crippen LogP contribution in [0.5, 0.6) is 5.75 Å². The van der Waals surface area contributed by atoms with Crippen molar-refractivity contribution in [1.29, 1.82) is 0 Å². The van der Waals surface area contributed by atoms with Crippen molar-refractivity contribution in [3.8, 4) is 5.75 Å². The molecular formula is C20H21BrN2O5S. The number of carbonyl (C=O) groups is 1. The number of amides is 1. The van der Waals surface area contributed by atoms with E-state index in [1.165, 1.54) is 35.7 Å². The van der Waals surface area contributed by atoms with E-state index >= 15 is 0 Å². The first-order valence-electron chi connectivity index (χ1n) is 8.91. The summed E-state index contributed by atoms with van der Waals surface area (Å²) in [7, 11) is -2.23. The van der Waals surface area contributed by atoms with Gasteiger partial charge in [0.1, 0.15) is 5.75 Å². The molecule has 2 aromatic carbocycles.